The Morgan fingerprint density at radius 1 is 1.60 bits per heavy atom. The number of aromatic hydroxyl groups is 1. The minimum Gasteiger partial charge on any atom is -0.508 e. The summed E-state index contributed by atoms with van der Waals surface area (Å²) in [6, 6.07) is 4.56. The highest BCUT2D eigenvalue weighted by Gasteiger charge is 2.12. The summed E-state index contributed by atoms with van der Waals surface area (Å²) in [7, 11) is 1.26. The molecular weight excluding hydrogens is 216 g/mol. The number of fused-ring (bicyclic) bond motifs is 1. The van der Waals surface area contributed by atoms with Crippen molar-refractivity contribution in [3.63, 3.8) is 0 Å². The summed E-state index contributed by atoms with van der Waals surface area (Å²) >= 11 is 1.11. The first-order valence-electron chi connectivity index (χ1n) is 4.11. The molecule has 6 heteroatoms. The maximum absolute atomic E-state index is 11.4. The molecule has 0 amide bonds. The van der Waals surface area contributed by atoms with Crippen LogP contribution >= 0.6 is 11.3 Å². The predicted octanol–water partition coefficient (Wildman–Crippen LogP) is 1.50. The Morgan fingerprint density at radius 2 is 2.33 bits per heavy atom. The second-order valence-electron chi connectivity index (χ2n) is 2.86. The lowest BCUT2D eigenvalue weighted by atomic mass is 10.3. The van der Waals surface area contributed by atoms with E-state index in [-0.39, 0.29) is 10.6 Å². The van der Waals surface area contributed by atoms with E-state index in [1.54, 1.807) is 6.07 Å². The van der Waals surface area contributed by atoms with Crippen LogP contribution in [0.15, 0.2) is 18.2 Å². The van der Waals surface area contributed by atoms with Crippen LogP contribution in [0.3, 0.4) is 0 Å². The third kappa shape index (κ3) is 1.48. The summed E-state index contributed by atoms with van der Waals surface area (Å²) in [5.74, 6) is 0.112. The number of thiazole rings is 1. The molecule has 5 nitrogen and oxygen atoms in total. The Bertz CT molecular complexity index is 585. The topological polar surface area (TPSA) is 75.3 Å². The molecule has 0 atom stereocenters. The lowest BCUT2D eigenvalue weighted by Gasteiger charge is -2.00. The minimum absolute atomic E-state index is 0.0717. The summed E-state index contributed by atoms with van der Waals surface area (Å²) < 4.78 is 6.39. The lowest BCUT2D eigenvalue weighted by Crippen LogP contribution is -2.21. The number of methoxy groups -OCH3 is 1. The summed E-state index contributed by atoms with van der Waals surface area (Å²) in [5, 5.41) is 16.8. The van der Waals surface area contributed by atoms with Crippen molar-refractivity contribution in [3.8, 4) is 5.75 Å². The number of ether oxygens (including phenoxy) is 1. The number of carbonyl (C=O) groups is 1. The molecule has 0 spiro atoms. The number of phenolic OH excluding ortho intramolecular Hbond substituents is 1. The highest BCUT2D eigenvalue weighted by molar-refractivity contribution is 7.16. The van der Waals surface area contributed by atoms with Gasteiger partial charge in [-0.2, -0.15) is 0 Å². The van der Waals surface area contributed by atoms with E-state index < -0.39 is 6.09 Å². The smallest absolute Gasteiger partial charge is 0.420 e. The first kappa shape index (κ1) is 9.72. The number of nitrogens with zero attached hydrogens (tertiary/aromatic N) is 1. The van der Waals surface area contributed by atoms with E-state index in [9.17, 15) is 9.90 Å². The molecule has 0 aliphatic carbocycles. The van der Waals surface area contributed by atoms with Crippen molar-refractivity contribution < 1.29 is 14.6 Å². The molecule has 2 rings (SSSR count). The van der Waals surface area contributed by atoms with Crippen LogP contribution in [-0.4, -0.2) is 22.9 Å². The Kier molecular flexibility index (Phi) is 2.20. The van der Waals surface area contributed by atoms with E-state index in [1.165, 1.54) is 19.2 Å². The van der Waals surface area contributed by atoms with Crippen LogP contribution < -0.4 is 4.80 Å². The van der Waals surface area contributed by atoms with Gasteiger partial charge in [-0.3, -0.25) is 5.41 Å². The van der Waals surface area contributed by atoms with Crippen LogP contribution in [0.2, 0.25) is 0 Å². The molecule has 0 fully saturated rings. The first-order chi connectivity index (χ1) is 7.13. The molecule has 1 aromatic carbocycles. The third-order valence-electron chi connectivity index (χ3n) is 1.95. The van der Waals surface area contributed by atoms with Gasteiger partial charge in [-0.05, 0) is 18.2 Å². The van der Waals surface area contributed by atoms with Gasteiger partial charge in [0, 0.05) is 0 Å². The van der Waals surface area contributed by atoms with Crippen LogP contribution in [0.4, 0.5) is 4.79 Å². The molecule has 0 saturated carbocycles. The number of phenols is 1. The molecule has 0 saturated heterocycles. The Morgan fingerprint density at radius 3 is 3.00 bits per heavy atom. The van der Waals surface area contributed by atoms with E-state index in [0.29, 0.717) is 10.2 Å². The Labute approximate surface area is 88.7 Å². The quantitative estimate of drug-likeness (QED) is 0.712. The van der Waals surface area contributed by atoms with Crippen molar-refractivity contribution in [1.29, 1.82) is 5.41 Å². The van der Waals surface area contributed by atoms with E-state index in [1.807, 2.05) is 0 Å². The minimum atomic E-state index is -0.600. The van der Waals surface area contributed by atoms with Crippen molar-refractivity contribution in [2.75, 3.05) is 7.11 Å². The van der Waals surface area contributed by atoms with Gasteiger partial charge in [0.2, 0.25) is 0 Å². The summed E-state index contributed by atoms with van der Waals surface area (Å²) in [5.41, 5.74) is 0.564. The number of nitrogens with one attached hydrogen (secondary N) is 1. The predicted molar refractivity (Wildman–Crippen MR) is 55.1 cm³/mol. The van der Waals surface area contributed by atoms with Gasteiger partial charge in [0.1, 0.15) is 5.75 Å². The van der Waals surface area contributed by atoms with Gasteiger partial charge in [-0.1, -0.05) is 11.3 Å². The van der Waals surface area contributed by atoms with Crippen LogP contribution in [-0.2, 0) is 4.74 Å². The molecule has 2 N–H and O–H groups in total. The highest BCUT2D eigenvalue weighted by atomic mass is 32.1. The number of hydrogen-bond donors (Lipinski definition) is 2. The molecule has 1 aromatic heterocycles. The third-order valence-corrected chi connectivity index (χ3v) is 2.87. The molecule has 78 valence electrons. The van der Waals surface area contributed by atoms with Crippen LogP contribution in [0.5, 0.6) is 5.75 Å². The zero-order valence-corrected chi connectivity index (χ0v) is 8.67. The summed E-state index contributed by atoms with van der Waals surface area (Å²) in [4.78, 5) is 11.4. The monoisotopic (exact) mass is 224 g/mol. The van der Waals surface area contributed by atoms with Gasteiger partial charge in [0.15, 0.2) is 4.80 Å². The number of aromatic nitrogens is 1. The fourth-order valence-corrected chi connectivity index (χ4v) is 2.22. The van der Waals surface area contributed by atoms with E-state index >= 15 is 0 Å². The molecule has 0 radical (unpaired) electrons. The second kappa shape index (κ2) is 3.39. The standard InChI is InChI=1S/C9H8N2O3S/c1-14-9(13)11-6-3-2-5(12)4-7(6)15-8(11)10/h2-4,10,12H,1H3. The molecule has 0 aliphatic heterocycles. The van der Waals surface area contributed by atoms with Crippen molar-refractivity contribution in [1.82, 2.24) is 4.57 Å². The molecule has 0 bridgehead atoms. The fraction of sp³-hybridized carbons (Fsp3) is 0.111. The SMILES string of the molecule is COC(=O)n1c(=N)sc2cc(O)ccc21. The maximum Gasteiger partial charge on any atom is 0.420 e. The van der Waals surface area contributed by atoms with Crippen LogP contribution in [0.25, 0.3) is 10.2 Å². The number of carbonyl (C=O) groups excluding carboxylic acids is 1. The molecule has 15 heavy (non-hydrogen) atoms. The molecule has 0 aliphatic rings. The number of benzene rings is 1. The number of rotatable bonds is 0. The van der Waals surface area contributed by atoms with Crippen LogP contribution in [0.1, 0.15) is 0 Å². The summed E-state index contributed by atoms with van der Waals surface area (Å²) in [6.07, 6.45) is -0.600. The Balaban J connectivity index is 2.80. The van der Waals surface area contributed by atoms with Gasteiger partial charge in [-0.25, -0.2) is 9.36 Å². The zero-order chi connectivity index (χ0) is 11.0. The van der Waals surface area contributed by atoms with Gasteiger partial charge in [0.25, 0.3) is 0 Å². The lowest BCUT2D eigenvalue weighted by molar-refractivity contribution is 0.173. The van der Waals surface area contributed by atoms with E-state index in [0.717, 1.165) is 15.9 Å². The second-order valence-corrected chi connectivity index (χ2v) is 3.90. The maximum atomic E-state index is 11.4. The molecule has 2 aromatic rings. The molecule has 1 heterocycles. The van der Waals surface area contributed by atoms with E-state index in [4.69, 9.17) is 5.41 Å². The van der Waals surface area contributed by atoms with Crippen molar-refractivity contribution in [2.24, 2.45) is 0 Å². The van der Waals surface area contributed by atoms with Crippen molar-refractivity contribution in [2.45, 2.75) is 0 Å². The van der Waals surface area contributed by atoms with Crippen LogP contribution in [0, 0.1) is 5.41 Å². The molecule has 0 unspecified atom stereocenters. The normalized spacial score (nSPS) is 10.5. The van der Waals surface area contributed by atoms with Gasteiger partial charge in [-0.15, -0.1) is 0 Å². The van der Waals surface area contributed by atoms with Crippen molar-refractivity contribution >= 4 is 27.6 Å². The molecular formula is C9H8N2O3S. The van der Waals surface area contributed by atoms with Gasteiger partial charge in [0.05, 0.1) is 17.3 Å². The van der Waals surface area contributed by atoms with Crippen molar-refractivity contribution in [3.05, 3.63) is 23.0 Å². The summed E-state index contributed by atoms with van der Waals surface area (Å²) in [6.45, 7) is 0. The van der Waals surface area contributed by atoms with Gasteiger partial charge >= 0.3 is 6.09 Å². The average Bonchev–Trinajstić information content (AvgIpc) is 2.52. The Hall–Kier alpha value is -1.82. The number of hydrogen-bond acceptors (Lipinski definition) is 5. The fourth-order valence-electron chi connectivity index (χ4n) is 1.30. The largest absolute Gasteiger partial charge is 0.508 e. The zero-order valence-electron chi connectivity index (χ0n) is 7.85. The first-order valence-corrected chi connectivity index (χ1v) is 4.92. The van der Waals surface area contributed by atoms with E-state index in [2.05, 4.69) is 4.74 Å². The highest BCUT2D eigenvalue weighted by Crippen LogP contribution is 2.22. The average molecular weight is 224 g/mol. The van der Waals surface area contributed by atoms with Gasteiger partial charge < -0.3 is 9.84 Å².